The second-order valence-corrected chi connectivity index (χ2v) is 3.41. The van der Waals surface area contributed by atoms with E-state index in [9.17, 15) is 5.21 Å². The third-order valence-corrected chi connectivity index (χ3v) is 1.56. The van der Waals surface area contributed by atoms with Crippen LogP contribution in [0.3, 0.4) is 0 Å². The van der Waals surface area contributed by atoms with Gasteiger partial charge in [0.15, 0.2) is 0 Å². The fourth-order valence-electron chi connectivity index (χ4n) is 0.926. The van der Waals surface area contributed by atoms with Crippen LogP contribution < -0.4 is 0 Å². The first-order valence-corrected chi connectivity index (χ1v) is 4.12. The van der Waals surface area contributed by atoms with Crippen molar-refractivity contribution in [1.29, 1.82) is 0 Å². The Morgan fingerprint density at radius 1 is 1.00 bits per heavy atom. The molecule has 0 aliphatic rings. The van der Waals surface area contributed by atoms with Crippen LogP contribution in [0.15, 0.2) is 0 Å². The van der Waals surface area contributed by atoms with E-state index in [1.54, 1.807) is 0 Å². The molecule has 0 aliphatic carbocycles. The third-order valence-electron chi connectivity index (χ3n) is 1.56. The van der Waals surface area contributed by atoms with Crippen molar-refractivity contribution < 1.29 is 9.85 Å². The van der Waals surface area contributed by atoms with Gasteiger partial charge in [-0.15, -0.1) is 0 Å². The molecule has 0 spiro atoms. The minimum absolute atomic E-state index is 0. The maximum atomic E-state index is 9.25. The Bertz CT molecular complexity index is 76.4. The molecule has 78 valence electrons. The van der Waals surface area contributed by atoms with Gasteiger partial charge in [-0.25, -0.2) is 5.21 Å². The van der Waals surface area contributed by atoms with E-state index in [1.807, 2.05) is 14.1 Å². The summed E-state index contributed by atoms with van der Waals surface area (Å²) in [5.74, 6) is 0. The van der Waals surface area contributed by atoms with E-state index in [-0.39, 0.29) is 19.5 Å². The van der Waals surface area contributed by atoms with Crippen LogP contribution >= 0.6 is 0 Å². The van der Waals surface area contributed by atoms with Crippen molar-refractivity contribution >= 4 is 0 Å². The topological polar surface area (TPSA) is 20.2 Å². The number of quaternary nitrogens is 1. The van der Waals surface area contributed by atoms with Gasteiger partial charge >= 0.3 is 0 Å². The van der Waals surface area contributed by atoms with Crippen molar-refractivity contribution in [2.24, 2.45) is 0 Å². The van der Waals surface area contributed by atoms with E-state index in [0.717, 1.165) is 13.0 Å². The highest BCUT2D eigenvalue weighted by molar-refractivity contribution is 4.37. The van der Waals surface area contributed by atoms with Gasteiger partial charge in [0.05, 0.1) is 14.1 Å². The Balaban J connectivity index is -0.000000405. The Hall–Kier alpha value is -0.0800. The summed E-state index contributed by atoms with van der Waals surface area (Å²) in [7, 11) is 3.62. The zero-order valence-corrected chi connectivity index (χ0v) is 7.43. The SMILES string of the molecule is C.C.CCCCCC[N+](C)(C)O. The second kappa shape index (κ2) is 9.01. The molecular formula is C10H28NO+. The van der Waals surface area contributed by atoms with Crippen molar-refractivity contribution in [3.05, 3.63) is 0 Å². The summed E-state index contributed by atoms with van der Waals surface area (Å²) < 4.78 is 0.115. The van der Waals surface area contributed by atoms with Gasteiger partial charge in [0, 0.05) is 0 Å². The monoisotopic (exact) mass is 178 g/mol. The van der Waals surface area contributed by atoms with Gasteiger partial charge < -0.3 is 0 Å². The predicted octanol–water partition coefficient (Wildman–Crippen LogP) is 3.30. The van der Waals surface area contributed by atoms with Gasteiger partial charge in [0.25, 0.3) is 0 Å². The highest BCUT2D eigenvalue weighted by Crippen LogP contribution is 2.01. The summed E-state index contributed by atoms with van der Waals surface area (Å²) in [6.45, 7) is 3.07. The van der Waals surface area contributed by atoms with Gasteiger partial charge in [0.2, 0.25) is 0 Å². The maximum absolute atomic E-state index is 9.25. The number of hydroxylamine groups is 3. The lowest BCUT2D eigenvalue weighted by molar-refractivity contribution is -1.07. The van der Waals surface area contributed by atoms with Gasteiger partial charge in [0.1, 0.15) is 6.54 Å². The van der Waals surface area contributed by atoms with Gasteiger partial charge in [-0.1, -0.05) is 34.6 Å². The molecule has 12 heavy (non-hydrogen) atoms. The molecule has 0 rings (SSSR count). The zero-order valence-electron chi connectivity index (χ0n) is 7.43. The molecule has 0 atom stereocenters. The normalized spacial score (nSPS) is 10.0. The molecule has 0 radical (unpaired) electrons. The molecule has 0 unspecified atom stereocenters. The minimum atomic E-state index is 0. The molecule has 0 saturated carbocycles. The van der Waals surface area contributed by atoms with E-state index in [2.05, 4.69) is 6.92 Å². The van der Waals surface area contributed by atoms with E-state index in [0.29, 0.717) is 0 Å². The molecular weight excluding hydrogens is 150 g/mol. The number of nitrogens with zero attached hydrogens (tertiary/aromatic N) is 1. The molecule has 0 saturated heterocycles. The average Bonchev–Trinajstić information content (AvgIpc) is 1.78. The van der Waals surface area contributed by atoms with Crippen molar-refractivity contribution in [2.45, 2.75) is 47.5 Å². The predicted molar refractivity (Wildman–Crippen MR) is 56.4 cm³/mol. The lowest BCUT2D eigenvalue weighted by atomic mass is 10.2. The summed E-state index contributed by atoms with van der Waals surface area (Å²) in [5, 5.41) is 9.25. The standard InChI is InChI=1S/C8H20NO.2CH4/c1-4-5-6-7-8-9(2,3)10;;/h10H,4-8H2,1-3H3;2*1H4/q+1;;. The van der Waals surface area contributed by atoms with Crippen LogP contribution in [0.4, 0.5) is 0 Å². The Morgan fingerprint density at radius 3 is 1.83 bits per heavy atom. The molecule has 0 bridgehead atoms. The van der Waals surface area contributed by atoms with Crippen molar-refractivity contribution in [1.82, 2.24) is 0 Å². The van der Waals surface area contributed by atoms with Crippen LogP contribution in [-0.4, -0.2) is 30.5 Å². The van der Waals surface area contributed by atoms with Crippen LogP contribution in [0.1, 0.15) is 47.5 Å². The molecule has 0 aromatic carbocycles. The van der Waals surface area contributed by atoms with Crippen LogP contribution in [0.25, 0.3) is 0 Å². The molecule has 2 heteroatoms. The van der Waals surface area contributed by atoms with E-state index < -0.39 is 0 Å². The number of hydrogen-bond acceptors (Lipinski definition) is 1. The Labute approximate surface area is 78.8 Å². The molecule has 0 heterocycles. The van der Waals surface area contributed by atoms with Gasteiger partial charge in [-0.3, -0.25) is 0 Å². The molecule has 2 nitrogen and oxygen atoms in total. The second-order valence-electron chi connectivity index (χ2n) is 3.41. The largest absolute Gasteiger partial charge is 0.217 e. The van der Waals surface area contributed by atoms with Crippen LogP contribution in [0.2, 0.25) is 0 Å². The van der Waals surface area contributed by atoms with Gasteiger partial charge in [-0.2, -0.15) is 4.65 Å². The van der Waals surface area contributed by atoms with Crippen molar-refractivity contribution in [3.8, 4) is 0 Å². The minimum Gasteiger partial charge on any atom is -0.217 e. The fourth-order valence-corrected chi connectivity index (χ4v) is 0.926. The first-order chi connectivity index (χ1) is 4.56. The van der Waals surface area contributed by atoms with E-state index in [4.69, 9.17) is 0 Å². The summed E-state index contributed by atoms with van der Waals surface area (Å²) in [4.78, 5) is 0. The molecule has 0 aromatic rings. The third kappa shape index (κ3) is 16.5. The highest BCUT2D eigenvalue weighted by Gasteiger charge is 2.07. The molecule has 0 fully saturated rings. The number of unbranched alkanes of at least 4 members (excludes halogenated alkanes) is 3. The Kier molecular flexibility index (Phi) is 13.4. The zero-order chi connectivity index (χ0) is 8.04. The lowest BCUT2D eigenvalue weighted by Gasteiger charge is -2.18. The number of hydrogen-bond donors (Lipinski definition) is 1. The summed E-state index contributed by atoms with van der Waals surface area (Å²) in [6, 6.07) is 0. The average molecular weight is 178 g/mol. The highest BCUT2D eigenvalue weighted by atomic mass is 16.5. The first-order valence-electron chi connectivity index (χ1n) is 4.12. The molecule has 0 aliphatic heterocycles. The van der Waals surface area contributed by atoms with E-state index >= 15 is 0 Å². The maximum Gasteiger partial charge on any atom is 0.108 e. The molecule has 0 amide bonds. The van der Waals surface area contributed by atoms with Crippen molar-refractivity contribution in [3.63, 3.8) is 0 Å². The smallest absolute Gasteiger partial charge is 0.108 e. The fraction of sp³-hybridized carbons (Fsp3) is 1.00. The summed E-state index contributed by atoms with van der Waals surface area (Å²) in [6.07, 6.45) is 4.94. The number of rotatable bonds is 5. The summed E-state index contributed by atoms with van der Waals surface area (Å²) >= 11 is 0. The quantitative estimate of drug-likeness (QED) is 0.389. The first kappa shape index (κ1) is 17.9. The Morgan fingerprint density at radius 2 is 1.50 bits per heavy atom. The van der Waals surface area contributed by atoms with Crippen molar-refractivity contribution in [2.75, 3.05) is 20.6 Å². The molecule has 1 N–H and O–H groups in total. The van der Waals surface area contributed by atoms with Gasteiger partial charge in [-0.05, 0) is 12.8 Å². The lowest BCUT2D eigenvalue weighted by Crippen LogP contribution is -2.36. The van der Waals surface area contributed by atoms with Crippen LogP contribution in [-0.2, 0) is 0 Å². The summed E-state index contributed by atoms with van der Waals surface area (Å²) in [5.41, 5.74) is 0. The molecule has 0 aromatic heterocycles. The van der Waals surface area contributed by atoms with Crippen LogP contribution in [0, 0.1) is 0 Å². The van der Waals surface area contributed by atoms with E-state index in [1.165, 1.54) is 19.3 Å². The van der Waals surface area contributed by atoms with Crippen LogP contribution in [0.5, 0.6) is 0 Å².